The Morgan fingerprint density at radius 1 is 1.53 bits per heavy atom. The summed E-state index contributed by atoms with van der Waals surface area (Å²) in [6, 6.07) is 0. The summed E-state index contributed by atoms with van der Waals surface area (Å²) in [5.41, 5.74) is 0. The highest BCUT2D eigenvalue weighted by Crippen LogP contribution is 2.16. The average molecular weight is 209 g/mol. The largest absolute Gasteiger partial charge is 0.300 e. The van der Waals surface area contributed by atoms with Crippen molar-refractivity contribution in [1.82, 2.24) is 14.8 Å². The van der Waals surface area contributed by atoms with Crippen LogP contribution in [0.15, 0.2) is 6.33 Å². The van der Waals surface area contributed by atoms with Crippen molar-refractivity contribution in [2.45, 2.75) is 40.7 Å². The van der Waals surface area contributed by atoms with Gasteiger partial charge in [0.15, 0.2) is 0 Å². The maximum absolute atomic E-state index is 11.5. The van der Waals surface area contributed by atoms with Crippen molar-refractivity contribution in [2.24, 2.45) is 11.8 Å². The Balaban J connectivity index is 2.78. The van der Waals surface area contributed by atoms with E-state index in [0.717, 1.165) is 12.4 Å². The van der Waals surface area contributed by atoms with Crippen molar-refractivity contribution in [3.63, 3.8) is 0 Å². The zero-order chi connectivity index (χ0) is 11.4. The van der Waals surface area contributed by atoms with Crippen LogP contribution in [0.25, 0.3) is 0 Å². The number of carbonyl (C=O) groups excluding carboxylic acids is 1. The Morgan fingerprint density at radius 2 is 2.20 bits per heavy atom. The van der Waals surface area contributed by atoms with Gasteiger partial charge in [-0.2, -0.15) is 5.10 Å². The van der Waals surface area contributed by atoms with Gasteiger partial charge in [-0.15, -0.1) is 0 Å². The van der Waals surface area contributed by atoms with Crippen molar-refractivity contribution in [3.8, 4) is 0 Å². The lowest BCUT2D eigenvalue weighted by Gasteiger charge is -2.17. The van der Waals surface area contributed by atoms with Crippen LogP contribution in [0.4, 0.5) is 0 Å². The smallest absolute Gasteiger partial charge is 0.138 e. The number of Topliss-reactive ketones (excluding diaryl/α,β-unsaturated/α-hetero) is 1. The van der Waals surface area contributed by atoms with Gasteiger partial charge in [0.1, 0.15) is 17.9 Å². The van der Waals surface area contributed by atoms with Gasteiger partial charge >= 0.3 is 0 Å². The molecule has 0 spiro atoms. The third-order valence-electron chi connectivity index (χ3n) is 2.72. The van der Waals surface area contributed by atoms with Crippen molar-refractivity contribution in [2.75, 3.05) is 0 Å². The van der Waals surface area contributed by atoms with E-state index in [9.17, 15) is 4.79 Å². The van der Waals surface area contributed by atoms with E-state index in [-0.39, 0.29) is 11.7 Å². The predicted molar refractivity (Wildman–Crippen MR) is 58.4 cm³/mol. The van der Waals surface area contributed by atoms with Crippen LogP contribution in [0, 0.1) is 11.8 Å². The van der Waals surface area contributed by atoms with E-state index < -0.39 is 0 Å². The maximum atomic E-state index is 11.5. The Kier molecular flexibility index (Phi) is 4.00. The van der Waals surface area contributed by atoms with Crippen LogP contribution in [0.5, 0.6) is 0 Å². The lowest BCUT2D eigenvalue weighted by molar-refractivity contribution is -0.122. The minimum absolute atomic E-state index is 0.0551. The quantitative estimate of drug-likeness (QED) is 0.741. The second-order valence-corrected chi connectivity index (χ2v) is 4.16. The molecular formula is C11H19N3O. The summed E-state index contributed by atoms with van der Waals surface area (Å²) < 4.78 is 1.85. The zero-order valence-corrected chi connectivity index (χ0v) is 9.90. The van der Waals surface area contributed by atoms with E-state index in [4.69, 9.17) is 0 Å². The predicted octanol–water partition coefficient (Wildman–Crippen LogP) is 1.70. The molecule has 1 aromatic rings. The molecule has 0 aliphatic carbocycles. The van der Waals surface area contributed by atoms with Crippen LogP contribution < -0.4 is 0 Å². The van der Waals surface area contributed by atoms with E-state index in [1.807, 2.05) is 11.6 Å². The standard InChI is InChI=1S/C11H19N3O/c1-5-14-11(12-7-13-14)6-10(8(2)3)9(4)15/h7-8,10H,5-6H2,1-4H3. The number of hydrogen-bond donors (Lipinski definition) is 0. The van der Waals surface area contributed by atoms with E-state index in [1.54, 1.807) is 13.3 Å². The van der Waals surface area contributed by atoms with Gasteiger partial charge in [-0.1, -0.05) is 13.8 Å². The van der Waals surface area contributed by atoms with Crippen LogP contribution in [-0.2, 0) is 17.8 Å². The van der Waals surface area contributed by atoms with Crippen LogP contribution in [0.1, 0.15) is 33.5 Å². The second kappa shape index (κ2) is 5.05. The summed E-state index contributed by atoms with van der Waals surface area (Å²) in [4.78, 5) is 15.6. The summed E-state index contributed by atoms with van der Waals surface area (Å²) in [6.45, 7) is 8.61. The molecule has 15 heavy (non-hydrogen) atoms. The monoisotopic (exact) mass is 209 g/mol. The summed E-state index contributed by atoms with van der Waals surface area (Å²) >= 11 is 0. The van der Waals surface area contributed by atoms with Crippen molar-refractivity contribution < 1.29 is 4.79 Å². The van der Waals surface area contributed by atoms with Gasteiger partial charge in [0.25, 0.3) is 0 Å². The van der Waals surface area contributed by atoms with Gasteiger partial charge in [-0.25, -0.2) is 4.98 Å². The fourth-order valence-corrected chi connectivity index (χ4v) is 1.76. The molecule has 4 nitrogen and oxygen atoms in total. The number of carbonyl (C=O) groups is 1. The fourth-order valence-electron chi connectivity index (χ4n) is 1.76. The lowest BCUT2D eigenvalue weighted by atomic mass is 9.89. The first kappa shape index (κ1) is 11.9. The Labute approximate surface area is 90.7 Å². The van der Waals surface area contributed by atoms with Crippen LogP contribution in [0.3, 0.4) is 0 Å². The molecule has 1 heterocycles. The van der Waals surface area contributed by atoms with Crippen molar-refractivity contribution in [1.29, 1.82) is 0 Å². The second-order valence-electron chi connectivity index (χ2n) is 4.16. The normalized spacial score (nSPS) is 13.1. The highest BCUT2D eigenvalue weighted by Gasteiger charge is 2.21. The van der Waals surface area contributed by atoms with E-state index >= 15 is 0 Å². The zero-order valence-electron chi connectivity index (χ0n) is 9.90. The van der Waals surface area contributed by atoms with Crippen LogP contribution in [-0.4, -0.2) is 20.5 Å². The Hall–Kier alpha value is -1.19. The lowest BCUT2D eigenvalue weighted by Crippen LogP contribution is -2.22. The van der Waals surface area contributed by atoms with Crippen LogP contribution in [0.2, 0.25) is 0 Å². The molecule has 0 saturated carbocycles. The highest BCUT2D eigenvalue weighted by atomic mass is 16.1. The van der Waals surface area contributed by atoms with Gasteiger partial charge in [-0.3, -0.25) is 9.48 Å². The summed E-state index contributed by atoms with van der Waals surface area (Å²) in [7, 11) is 0. The third-order valence-corrected chi connectivity index (χ3v) is 2.72. The molecule has 0 radical (unpaired) electrons. The highest BCUT2D eigenvalue weighted by molar-refractivity contribution is 5.78. The molecule has 1 rings (SSSR count). The molecule has 84 valence electrons. The minimum Gasteiger partial charge on any atom is -0.300 e. The molecule has 1 aromatic heterocycles. The summed E-state index contributed by atoms with van der Waals surface area (Å²) in [5, 5.41) is 4.10. The number of rotatable bonds is 5. The number of aromatic nitrogens is 3. The molecule has 1 unspecified atom stereocenters. The fraction of sp³-hybridized carbons (Fsp3) is 0.727. The first-order chi connectivity index (χ1) is 7.06. The van der Waals surface area contributed by atoms with Gasteiger partial charge in [0, 0.05) is 18.9 Å². The minimum atomic E-state index is 0.0551. The molecule has 0 aliphatic rings. The molecule has 0 saturated heterocycles. The number of aryl methyl sites for hydroxylation is 1. The van der Waals surface area contributed by atoms with Gasteiger partial charge in [-0.05, 0) is 19.8 Å². The Bertz CT molecular complexity index is 330. The van der Waals surface area contributed by atoms with Crippen LogP contribution >= 0.6 is 0 Å². The van der Waals surface area contributed by atoms with E-state index in [2.05, 4.69) is 23.9 Å². The molecule has 4 heteroatoms. The molecule has 0 fully saturated rings. The SMILES string of the molecule is CCn1ncnc1CC(C(C)=O)C(C)C. The average Bonchev–Trinajstić information content (AvgIpc) is 2.59. The molecular weight excluding hydrogens is 190 g/mol. The van der Waals surface area contributed by atoms with E-state index in [0.29, 0.717) is 12.3 Å². The maximum Gasteiger partial charge on any atom is 0.138 e. The Morgan fingerprint density at radius 3 is 2.67 bits per heavy atom. The molecule has 0 aromatic carbocycles. The summed E-state index contributed by atoms with van der Waals surface area (Å²) in [6.07, 6.45) is 2.25. The number of hydrogen-bond acceptors (Lipinski definition) is 3. The molecule has 0 N–H and O–H groups in total. The van der Waals surface area contributed by atoms with Crippen molar-refractivity contribution >= 4 is 5.78 Å². The molecule has 0 aliphatic heterocycles. The first-order valence-corrected chi connectivity index (χ1v) is 5.43. The van der Waals surface area contributed by atoms with Crippen molar-refractivity contribution in [3.05, 3.63) is 12.2 Å². The molecule has 1 atom stereocenters. The first-order valence-electron chi connectivity index (χ1n) is 5.43. The van der Waals surface area contributed by atoms with Gasteiger partial charge < -0.3 is 0 Å². The molecule has 0 amide bonds. The number of ketones is 1. The topological polar surface area (TPSA) is 47.8 Å². The number of nitrogens with zero attached hydrogens (tertiary/aromatic N) is 3. The van der Waals surface area contributed by atoms with Gasteiger partial charge in [0.05, 0.1) is 0 Å². The van der Waals surface area contributed by atoms with Gasteiger partial charge in [0.2, 0.25) is 0 Å². The van der Waals surface area contributed by atoms with E-state index in [1.165, 1.54) is 0 Å². The third kappa shape index (κ3) is 2.88. The molecule has 0 bridgehead atoms. The summed E-state index contributed by atoms with van der Waals surface area (Å²) in [5.74, 6) is 1.55.